The predicted octanol–water partition coefficient (Wildman–Crippen LogP) is 1.25. The van der Waals surface area contributed by atoms with E-state index >= 15 is 0 Å². The molecule has 0 aliphatic heterocycles. The first kappa shape index (κ1) is 11.7. The fourth-order valence-corrected chi connectivity index (χ4v) is 2.21. The van der Waals surface area contributed by atoms with Crippen molar-refractivity contribution in [1.29, 1.82) is 0 Å². The molecule has 0 saturated heterocycles. The summed E-state index contributed by atoms with van der Waals surface area (Å²) in [4.78, 5) is 0. The van der Waals surface area contributed by atoms with Gasteiger partial charge in [0.05, 0.1) is 10.5 Å². The SMILES string of the molecule is CC(C)(C)S(=O)(=O)CC=C1CC(N)C1. The molecule has 0 aromatic rings. The highest BCUT2D eigenvalue weighted by Gasteiger charge is 2.28. The molecule has 1 aliphatic carbocycles. The van der Waals surface area contributed by atoms with E-state index in [1.54, 1.807) is 20.8 Å². The van der Waals surface area contributed by atoms with Crippen LogP contribution in [0.1, 0.15) is 33.6 Å². The summed E-state index contributed by atoms with van der Waals surface area (Å²) >= 11 is 0. The van der Waals surface area contributed by atoms with Crippen molar-refractivity contribution >= 4 is 9.84 Å². The van der Waals surface area contributed by atoms with Gasteiger partial charge in [0, 0.05) is 6.04 Å². The van der Waals surface area contributed by atoms with Gasteiger partial charge in [-0.1, -0.05) is 11.6 Å². The monoisotopic (exact) mass is 217 g/mol. The highest BCUT2D eigenvalue weighted by molar-refractivity contribution is 7.92. The second kappa shape index (κ2) is 3.66. The molecule has 4 heteroatoms. The summed E-state index contributed by atoms with van der Waals surface area (Å²) < 4.78 is 22.7. The third kappa shape index (κ3) is 2.58. The molecular weight excluding hydrogens is 198 g/mol. The van der Waals surface area contributed by atoms with Crippen molar-refractivity contribution in [2.45, 2.75) is 44.4 Å². The van der Waals surface area contributed by atoms with Crippen molar-refractivity contribution in [3.05, 3.63) is 11.6 Å². The van der Waals surface area contributed by atoms with Crippen LogP contribution in [0.4, 0.5) is 0 Å². The van der Waals surface area contributed by atoms with Gasteiger partial charge in [-0.15, -0.1) is 0 Å². The standard InChI is InChI=1S/C10H19NO2S/c1-10(2,3)14(12,13)5-4-8-6-9(11)7-8/h4,9H,5-7,11H2,1-3H3. The van der Waals surface area contributed by atoms with Gasteiger partial charge in [-0.2, -0.15) is 0 Å². The van der Waals surface area contributed by atoms with E-state index in [1.165, 1.54) is 5.57 Å². The molecule has 1 aliphatic rings. The van der Waals surface area contributed by atoms with E-state index in [1.807, 2.05) is 6.08 Å². The third-order valence-corrected chi connectivity index (χ3v) is 5.04. The summed E-state index contributed by atoms with van der Waals surface area (Å²) in [5.41, 5.74) is 6.79. The van der Waals surface area contributed by atoms with E-state index in [0.717, 1.165) is 12.8 Å². The molecule has 0 unspecified atom stereocenters. The Labute approximate surface area is 86.3 Å². The van der Waals surface area contributed by atoms with Crippen LogP contribution in [0.2, 0.25) is 0 Å². The molecule has 0 aromatic heterocycles. The Morgan fingerprint density at radius 1 is 1.43 bits per heavy atom. The Bertz CT molecular complexity index is 328. The average molecular weight is 217 g/mol. The molecule has 14 heavy (non-hydrogen) atoms. The van der Waals surface area contributed by atoms with Crippen LogP contribution in [0.25, 0.3) is 0 Å². The Morgan fingerprint density at radius 3 is 2.29 bits per heavy atom. The summed E-state index contributed by atoms with van der Waals surface area (Å²) in [6.07, 6.45) is 3.54. The molecule has 3 nitrogen and oxygen atoms in total. The van der Waals surface area contributed by atoms with Gasteiger partial charge in [-0.25, -0.2) is 8.42 Å². The van der Waals surface area contributed by atoms with Crippen molar-refractivity contribution in [2.24, 2.45) is 5.73 Å². The maximum Gasteiger partial charge on any atom is 0.158 e. The minimum absolute atomic E-state index is 0.151. The van der Waals surface area contributed by atoms with E-state index in [0.29, 0.717) is 0 Å². The average Bonchev–Trinajstić information content (AvgIpc) is 1.93. The molecule has 82 valence electrons. The van der Waals surface area contributed by atoms with E-state index in [9.17, 15) is 8.42 Å². The van der Waals surface area contributed by atoms with Crippen LogP contribution in [0.3, 0.4) is 0 Å². The maximum atomic E-state index is 11.7. The number of hydrogen-bond donors (Lipinski definition) is 1. The summed E-state index contributed by atoms with van der Waals surface area (Å²) in [6.45, 7) is 5.19. The lowest BCUT2D eigenvalue weighted by Gasteiger charge is -2.26. The van der Waals surface area contributed by atoms with Gasteiger partial charge < -0.3 is 5.73 Å². The molecule has 0 bridgehead atoms. The third-order valence-electron chi connectivity index (χ3n) is 2.57. The molecule has 0 radical (unpaired) electrons. The lowest BCUT2D eigenvalue weighted by molar-refractivity contribution is 0.538. The fraction of sp³-hybridized carbons (Fsp3) is 0.800. The minimum atomic E-state index is -3.00. The first-order valence-corrected chi connectivity index (χ1v) is 6.53. The first-order chi connectivity index (χ1) is 6.22. The van der Waals surface area contributed by atoms with Crippen molar-refractivity contribution in [1.82, 2.24) is 0 Å². The number of rotatable bonds is 2. The van der Waals surface area contributed by atoms with Gasteiger partial charge >= 0.3 is 0 Å². The predicted molar refractivity (Wildman–Crippen MR) is 58.8 cm³/mol. The largest absolute Gasteiger partial charge is 0.327 e. The van der Waals surface area contributed by atoms with Crippen molar-refractivity contribution in [3.8, 4) is 0 Å². The molecule has 0 heterocycles. The van der Waals surface area contributed by atoms with Crippen molar-refractivity contribution in [2.75, 3.05) is 5.75 Å². The minimum Gasteiger partial charge on any atom is -0.327 e. The number of sulfone groups is 1. The zero-order valence-electron chi connectivity index (χ0n) is 9.08. The summed E-state index contributed by atoms with van der Waals surface area (Å²) in [5.74, 6) is 0.151. The van der Waals surface area contributed by atoms with Gasteiger partial charge in [0.25, 0.3) is 0 Å². The molecule has 1 rings (SSSR count). The zero-order chi connectivity index (χ0) is 11.0. The van der Waals surface area contributed by atoms with Crippen LogP contribution >= 0.6 is 0 Å². The lowest BCUT2D eigenvalue weighted by atomic mass is 9.87. The van der Waals surface area contributed by atoms with Crippen LogP contribution in [0.5, 0.6) is 0 Å². The number of hydrogen-bond acceptors (Lipinski definition) is 3. The molecular formula is C10H19NO2S. The van der Waals surface area contributed by atoms with Crippen LogP contribution in [0, 0.1) is 0 Å². The number of nitrogens with two attached hydrogens (primary N) is 1. The Hall–Kier alpha value is -0.350. The van der Waals surface area contributed by atoms with E-state index in [4.69, 9.17) is 5.73 Å². The molecule has 0 amide bonds. The Balaban J connectivity index is 2.58. The Morgan fingerprint density at radius 2 is 1.93 bits per heavy atom. The van der Waals surface area contributed by atoms with Gasteiger partial charge in [-0.05, 0) is 33.6 Å². The molecule has 1 saturated carbocycles. The molecule has 1 fully saturated rings. The summed E-state index contributed by atoms with van der Waals surface area (Å²) in [7, 11) is -3.00. The first-order valence-electron chi connectivity index (χ1n) is 4.88. The quantitative estimate of drug-likeness (QED) is 0.708. The second-order valence-electron chi connectivity index (χ2n) is 4.92. The van der Waals surface area contributed by atoms with Crippen LogP contribution in [-0.2, 0) is 9.84 Å². The van der Waals surface area contributed by atoms with Crippen LogP contribution in [0.15, 0.2) is 11.6 Å². The molecule has 2 N–H and O–H groups in total. The van der Waals surface area contributed by atoms with Crippen molar-refractivity contribution < 1.29 is 8.42 Å². The lowest BCUT2D eigenvalue weighted by Crippen LogP contribution is -2.32. The van der Waals surface area contributed by atoms with E-state index in [2.05, 4.69) is 0 Å². The maximum absolute atomic E-state index is 11.7. The smallest absolute Gasteiger partial charge is 0.158 e. The summed E-state index contributed by atoms with van der Waals surface area (Å²) in [5, 5.41) is 0. The van der Waals surface area contributed by atoms with Gasteiger partial charge in [0.15, 0.2) is 9.84 Å². The topological polar surface area (TPSA) is 60.2 Å². The second-order valence-corrected chi connectivity index (χ2v) is 7.71. The van der Waals surface area contributed by atoms with Crippen LogP contribution < -0.4 is 5.73 Å². The zero-order valence-corrected chi connectivity index (χ0v) is 9.89. The van der Waals surface area contributed by atoms with E-state index in [-0.39, 0.29) is 11.8 Å². The normalized spacial score (nSPS) is 23.1. The van der Waals surface area contributed by atoms with E-state index < -0.39 is 14.6 Å². The van der Waals surface area contributed by atoms with Gasteiger partial charge in [0.2, 0.25) is 0 Å². The highest BCUT2D eigenvalue weighted by Crippen LogP contribution is 2.25. The van der Waals surface area contributed by atoms with Gasteiger partial charge in [0.1, 0.15) is 0 Å². The fourth-order valence-electron chi connectivity index (χ4n) is 1.26. The van der Waals surface area contributed by atoms with Gasteiger partial charge in [-0.3, -0.25) is 0 Å². The van der Waals surface area contributed by atoms with Crippen molar-refractivity contribution in [3.63, 3.8) is 0 Å². The molecule has 0 spiro atoms. The van der Waals surface area contributed by atoms with Crippen LogP contribution in [-0.4, -0.2) is 25.0 Å². The highest BCUT2D eigenvalue weighted by atomic mass is 32.2. The Kier molecular flexibility index (Phi) is 3.07. The summed E-state index contributed by atoms with van der Waals surface area (Å²) in [6, 6.07) is 0.249. The molecule has 0 atom stereocenters. The molecule has 0 aromatic carbocycles.